The molecule has 3 aromatic rings. The van der Waals surface area contributed by atoms with Crippen LogP contribution in [0.25, 0.3) is 17.0 Å². The van der Waals surface area contributed by atoms with Crippen LogP contribution in [0, 0.1) is 0 Å². The number of carboxylic acid groups (broad SMARTS) is 1. The van der Waals surface area contributed by atoms with Crippen LogP contribution in [0.2, 0.25) is 0 Å². The van der Waals surface area contributed by atoms with Crippen molar-refractivity contribution in [3.05, 3.63) is 59.5 Å². The minimum atomic E-state index is -1.19. The van der Waals surface area contributed by atoms with Gasteiger partial charge in [-0.2, -0.15) is 0 Å². The Morgan fingerprint density at radius 2 is 1.94 bits per heavy atom. The number of carbonyl (C=O) groups is 3. The van der Waals surface area contributed by atoms with Gasteiger partial charge in [0.05, 0.1) is 12.7 Å². The molecule has 1 aliphatic rings. The fourth-order valence-corrected chi connectivity index (χ4v) is 3.95. The van der Waals surface area contributed by atoms with Gasteiger partial charge < -0.3 is 34.1 Å². The number of fused-ring (bicyclic) bond motifs is 2. The van der Waals surface area contributed by atoms with E-state index in [2.05, 4.69) is 14.8 Å². The second-order valence-corrected chi connectivity index (χ2v) is 8.55. The highest BCUT2D eigenvalue weighted by atomic mass is 16.6. The van der Waals surface area contributed by atoms with E-state index in [9.17, 15) is 14.4 Å². The van der Waals surface area contributed by atoms with Crippen molar-refractivity contribution in [2.75, 3.05) is 34.3 Å². The normalized spacial score (nSPS) is 13.7. The monoisotopic (exact) mass is 493 g/mol. The summed E-state index contributed by atoms with van der Waals surface area (Å²) in [5.74, 6) is -0.259. The number of Topliss-reactive ketones (excluding diaryl/α,β-unsaturated/α-hetero) is 1. The highest BCUT2D eigenvalue weighted by molar-refractivity contribution is 6.15. The summed E-state index contributed by atoms with van der Waals surface area (Å²) in [5.41, 5.74) is 2.17. The van der Waals surface area contributed by atoms with Gasteiger partial charge in [-0.15, -0.1) is 0 Å². The molecule has 2 N–H and O–H groups in total. The first-order valence-corrected chi connectivity index (χ1v) is 11.3. The summed E-state index contributed by atoms with van der Waals surface area (Å²) in [6.45, 7) is 1.19. The predicted molar refractivity (Wildman–Crippen MR) is 133 cm³/mol. The SMILES string of the molecule is COc1ccc2c(c1)c(/C=C1\Oc3cc(OC(=O)NCC(=O)O)ccc3C1=O)cn2CCCN(C)C. The molecule has 2 heterocycles. The number of aliphatic carboxylic acids is 1. The lowest BCUT2D eigenvalue weighted by molar-refractivity contribution is -0.135. The number of hydrogen-bond acceptors (Lipinski definition) is 7. The highest BCUT2D eigenvalue weighted by Gasteiger charge is 2.28. The first kappa shape index (κ1) is 24.8. The molecule has 0 fully saturated rings. The molecule has 1 amide bonds. The van der Waals surface area contributed by atoms with Crippen molar-refractivity contribution in [3.63, 3.8) is 0 Å². The van der Waals surface area contributed by atoms with Crippen LogP contribution < -0.4 is 19.5 Å². The molecule has 0 saturated heterocycles. The molecule has 0 aliphatic carbocycles. The van der Waals surface area contributed by atoms with E-state index in [1.54, 1.807) is 13.2 Å². The zero-order valence-electron chi connectivity index (χ0n) is 20.2. The number of nitrogens with one attached hydrogen (secondary N) is 1. The number of amides is 1. The Bertz CT molecular complexity index is 1360. The number of nitrogens with zero attached hydrogens (tertiary/aromatic N) is 2. The Hall–Kier alpha value is -4.31. The van der Waals surface area contributed by atoms with E-state index >= 15 is 0 Å². The largest absolute Gasteiger partial charge is 0.497 e. The van der Waals surface area contributed by atoms with E-state index in [1.165, 1.54) is 18.2 Å². The second kappa shape index (κ2) is 10.5. The maximum Gasteiger partial charge on any atom is 0.413 e. The maximum atomic E-state index is 13.0. The first-order chi connectivity index (χ1) is 17.2. The van der Waals surface area contributed by atoms with Crippen LogP contribution >= 0.6 is 0 Å². The van der Waals surface area contributed by atoms with E-state index in [1.807, 2.05) is 38.5 Å². The maximum absolute atomic E-state index is 13.0. The van der Waals surface area contributed by atoms with Gasteiger partial charge in [-0.05, 0) is 63.5 Å². The molecule has 0 unspecified atom stereocenters. The molecule has 0 radical (unpaired) electrons. The summed E-state index contributed by atoms with van der Waals surface area (Å²) >= 11 is 0. The standard InChI is InChI=1S/C26H27N3O7/c1-28(2)9-4-10-29-15-16(20-12-17(34-3)6-8-21(20)29)11-23-25(32)19-7-5-18(13-22(19)36-23)35-26(33)27-14-24(30)31/h5-8,11-13,15H,4,9-10,14H2,1-3H3,(H,27,33)(H,30,31)/b23-11-. The number of benzene rings is 2. The Balaban J connectivity index is 1.59. The van der Waals surface area contributed by atoms with Gasteiger partial charge in [-0.1, -0.05) is 0 Å². The van der Waals surface area contributed by atoms with Gasteiger partial charge in [0.25, 0.3) is 0 Å². The number of rotatable bonds is 9. The Kier molecular flexibility index (Phi) is 7.25. The van der Waals surface area contributed by atoms with E-state index in [-0.39, 0.29) is 23.0 Å². The average Bonchev–Trinajstić information content (AvgIpc) is 3.34. The molecule has 188 valence electrons. The van der Waals surface area contributed by atoms with Crippen molar-refractivity contribution in [2.45, 2.75) is 13.0 Å². The molecule has 36 heavy (non-hydrogen) atoms. The van der Waals surface area contributed by atoms with Crippen molar-refractivity contribution in [1.82, 2.24) is 14.8 Å². The summed E-state index contributed by atoms with van der Waals surface area (Å²) in [6, 6.07) is 10.2. The van der Waals surface area contributed by atoms with Crippen molar-refractivity contribution < 1.29 is 33.7 Å². The van der Waals surface area contributed by atoms with Gasteiger partial charge >= 0.3 is 12.1 Å². The fraction of sp³-hybridized carbons (Fsp3) is 0.269. The lowest BCUT2D eigenvalue weighted by Gasteiger charge is -2.10. The van der Waals surface area contributed by atoms with Gasteiger partial charge in [0, 0.05) is 35.3 Å². The zero-order valence-corrected chi connectivity index (χ0v) is 20.2. The van der Waals surface area contributed by atoms with E-state index < -0.39 is 18.6 Å². The molecule has 1 aliphatic heterocycles. The third kappa shape index (κ3) is 5.49. The van der Waals surface area contributed by atoms with Crippen molar-refractivity contribution in [1.29, 1.82) is 0 Å². The van der Waals surface area contributed by atoms with Gasteiger partial charge in [-0.3, -0.25) is 9.59 Å². The lowest BCUT2D eigenvalue weighted by Crippen LogP contribution is -2.31. The third-order valence-corrected chi connectivity index (χ3v) is 5.65. The van der Waals surface area contributed by atoms with Gasteiger partial charge in [0.15, 0.2) is 5.76 Å². The van der Waals surface area contributed by atoms with Gasteiger partial charge in [-0.25, -0.2) is 4.79 Å². The van der Waals surface area contributed by atoms with Crippen LogP contribution in [0.1, 0.15) is 22.3 Å². The topological polar surface area (TPSA) is 119 Å². The lowest BCUT2D eigenvalue weighted by atomic mass is 10.1. The molecule has 4 rings (SSSR count). The molecule has 10 nitrogen and oxygen atoms in total. The molecular weight excluding hydrogens is 466 g/mol. The Morgan fingerprint density at radius 3 is 2.67 bits per heavy atom. The van der Waals surface area contributed by atoms with Gasteiger partial charge in [0.1, 0.15) is 23.8 Å². The summed E-state index contributed by atoms with van der Waals surface area (Å²) in [7, 11) is 5.68. The Morgan fingerprint density at radius 1 is 1.17 bits per heavy atom. The van der Waals surface area contributed by atoms with Crippen LogP contribution in [-0.2, 0) is 11.3 Å². The number of aryl methyl sites for hydroxylation is 1. The average molecular weight is 494 g/mol. The van der Waals surface area contributed by atoms with Crippen LogP contribution in [0.5, 0.6) is 17.2 Å². The number of methoxy groups -OCH3 is 1. The summed E-state index contributed by atoms with van der Waals surface area (Å²) < 4.78 is 18.5. The zero-order chi connectivity index (χ0) is 25.8. The third-order valence-electron chi connectivity index (χ3n) is 5.65. The molecule has 2 aromatic carbocycles. The van der Waals surface area contributed by atoms with Crippen LogP contribution in [0.15, 0.2) is 48.4 Å². The second-order valence-electron chi connectivity index (χ2n) is 8.55. The molecule has 0 spiro atoms. The Labute approximate surface area is 207 Å². The molecule has 0 bridgehead atoms. The number of carbonyl (C=O) groups excluding carboxylic acids is 2. The fourth-order valence-electron chi connectivity index (χ4n) is 3.95. The van der Waals surface area contributed by atoms with Crippen LogP contribution in [-0.4, -0.2) is 66.7 Å². The summed E-state index contributed by atoms with van der Waals surface area (Å²) in [5, 5.41) is 11.7. The molecule has 0 atom stereocenters. The summed E-state index contributed by atoms with van der Waals surface area (Å²) in [4.78, 5) is 37.5. The number of ether oxygens (including phenoxy) is 3. The molecular formula is C26H27N3O7. The molecule has 0 saturated carbocycles. The quantitative estimate of drug-likeness (QED) is 0.436. The van der Waals surface area contributed by atoms with E-state index in [4.69, 9.17) is 19.3 Å². The van der Waals surface area contributed by atoms with Crippen LogP contribution in [0.3, 0.4) is 0 Å². The predicted octanol–water partition coefficient (Wildman–Crippen LogP) is 3.39. The van der Waals surface area contributed by atoms with Crippen molar-refractivity contribution in [3.8, 4) is 17.2 Å². The minimum Gasteiger partial charge on any atom is -0.497 e. The number of ketones is 1. The number of carboxylic acids is 1. The summed E-state index contributed by atoms with van der Waals surface area (Å²) in [6.07, 6.45) is 3.73. The highest BCUT2D eigenvalue weighted by Crippen LogP contribution is 2.36. The van der Waals surface area contributed by atoms with Crippen molar-refractivity contribution in [2.24, 2.45) is 0 Å². The number of allylic oxidation sites excluding steroid dienone is 1. The first-order valence-electron chi connectivity index (χ1n) is 11.3. The molecule has 1 aromatic heterocycles. The van der Waals surface area contributed by atoms with Gasteiger partial charge in [0.2, 0.25) is 5.78 Å². The van der Waals surface area contributed by atoms with Crippen LogP contribution in [0.4, 0.5) is 4.79 Å². The van der Waals surface area contributed by atoms with E-state index in [0.29, 0.717) is 11.3 Å². The van der Waals surface area contributed by atoms with Crippen molar-refractivity contribution >= 4 is 34.8 Å². The number of hydrogen-bond donors (Lipinski definition) is 2. The number of aromatic nitrogens is 1. The molecule has 10 heteroatoms. The van der Waals surface area contributed by atoms with E-state index in [0.717, 1.165) is 36.0 Å². The smallest absolute Gasteiger partial charge is 0.413 e. The minimum absolute atomic E-state index is 0.118.